The smallest absolute Gasteiger partial charge is 0.251 e. The highest BCUT2D eigenvalue weighted by atomic mass is 127. The molecule has 2 rings (SSSR count). The van der Waals surface area contributed by atoms with Crippen molar-refractivity contribution >= 4 is 38.5 Å². The molecule has 0 fully saturated rings. The Labute approximate surface area is 156 Å². The van der Waals surface area contributed by atoms with Crippen LogP contribution in [0.2, 0.25) is 0 Å². The van der Waals surface area contributed by atoms with E-state index < -0.39 is 10.0 Å². The van der Waals surface area contributed by atoms with Crippen molar-refractivity contribution in [2.75, 3.05) is 13.1 Å². The molecule has 0 heterocycles. The Morgan fingerprint density at radius 3 is 2.54 bits per heavy atom. The number of halogens is 1. The van der Waals surface area contributed by atoms with Gasteiger partial charge in [-0.3, -0.25) is 4.79 Å². The molecule has 0 aliphatic carbocycles. The number of hydrogen-bond donors (Lipinski definition) is 2. The molecular weight excluding hydrogens is 439 g/mol. The van der Waals surface area contributed by atoms with Crippen LogP contribution in [0.25, 0.3) is 0 Å². The lowest BCUT2D eigenvalue weighted by Gasteiger charge is -2.11. The van der Waals surface area contributed by atoms with Gasteiger partial charge in [-0.25, -0.2) is 13.1 Å². The largest absolute Gasteiger partial charge is 0.351 e. The van der Waals surface area contributed by atoms with Crippen LogP contribution in [0.5, 0.6) is 0 Å². The molecule has 0 saturated heterocycles. The predicted octanol–water partition coefficient (Wildman–Crippen LogP) is 2.62. The highest BCUT2D eigenvalue weighted by Gasteiger charge is 2.16. The van der Waals surface area contributed by atoms with Crippen molar-refractivity contribution in [3.05, 3.63) is 62.7 Å². The molecule has 24 heavy (non-hydrogen) atoms. The molecule has 1 amide bonds. The standard InChI is InChI=1S/C17H19IN2O3S/c1-12-6-7-13(2)16(10-12)24(22,23)20-9-8-19-17(21)14-4-3-5-15(18)11-14/h3-7,10-11,20H,8-9H2,1-2H3,(H,19,21). The maximum absolute atomic E-state index is 12.3. The van der Waals surface area contributed by atoms with Gasteiger partial charge in [0.05, 0.1) is 4.90 Å². The number of aryl methyl sites for hydroxylation is 2. The lowest BCUT2D eigenvalue weighted by molar-refractivity contribution is 0.0954. The molecule has 2 aromatic rings. The molecule has 7 heteroatoms. The van der Waals surface area contributed by atoms with Crippen LogP contribution < -0.4 is 10.0 Å². The highest BCUT2D eigenvalue weighted by Crippen LogP contribution is 2.16. The van der Waals surface area contributed by atoms with Crippen LogP contribution in [-0.2, 0) is 10.0 Å². The molecule has 0 aliphatic heterocycles. The Hall–Kier alpha value is -1.45. The summed E-state index contributed by atoms with van der Waals surface area (Å²) in [6.45, 7) is 3.95. The second-order valence-electron chi connectivity index (χ2n) is 5.43. The molecule has 0 aromatic heterocycles. The summed E-state index contributed by atoms with van der Waals surface area (Å²) in [4.78, 5) is 12.3. The SMILES string of the molecule is Cc1ccc(C)c(S(=O)(=O)NCCNC(=O)c2cccc(I)c2)c1. The number of hydrogen-bond acceptors (Lipinski definition) is 3. The summed E-state index contributed by atoms with van der Waals surface area (Å²) in [5.41, 5.74) is 2.13. The summed E-state index contributed by atoms with van der Waals surface area (Å²) in [7, 11) is -3.59. The first-order chi connectivity index (χ1) is 11.3. The average Bonchev–Trinajstić information content (AvgIpc) is 2.53. The van der Waals surface area contributed by atoms with Crippen LogP contribution in [0.3, 0.4) is 0 Å². The van der Waals surface area contributed by atoms with Crippen LogP contribution in [0, 0.1) is 17.4 Å². The van der Waals surface area contributed by atoms with Crippen LogP contribution >= 0.6 is 22.6 Å². The summed E-state index contributed by atoms with van der Waals surface area (Å²) in [5.74, 6) is -0.223. The van der Waals surface area contributed by atoms with E-state index in [1.807, 2.05) is 19.1 Å². The molecule has 0 atom stereocenters. The summed E-state index contributed by atoms with van der Waals surface area (Å²) in [6.07, 6.45) is 0. The molecular formula is C17H19IN2O3S. The molecule has 128 valence electrons. The van der Waals surface area contributed by atoms with Crippen LogP contribution in [-0.4, -0.2) is 27.4 Å². The number of nitrogens with one attached hydrogen (secondary N) is 2. The van der Waals surface area contributed by atoms with Gasteiger partial charge in [-0.05, 0) is 71.8 Å². The zero-order valence-corrected chi connectivity index (χ0v) is 16.4. The van der Waals surface area contributed by atoms with E-state index in [4.69, 9.17) is 0 Å². The number of sulfonamides is 1. The van der Waals surface area contributed by atoms with Gasteiger partial charge in [-0.2, -0.15) is 0 Å². The predicted molar refractivity (Wildman–Crippen MR) is 103 cm³/mol. The fraction of sp³-hybridized carbons (Fsp3) is 0.235. The van der Waals surface area contributed by atoms with E-state index in [2.05, 4.69) is 32.6 Å². The number of benzene rings is 2. The van der Waals surface area contributed by atoms with Crippen molar-refractivity contribution in [2.45, 2.75) is 18.7 Å². The van der Waals surface area contributed by atoms with E-state index in [0.29, 0.717) is 11.1 Å². The Balaban J connectivity index is 1.92. The van der Waals surface area contributed by atoms with Gasteiger partial charge in [0.2, 0.25) is 10.0 Å². The normalized spacial score (nSPS) is 11.3. The molecule has 0 aliphatic rings. The van der Waals surface area contributed by atoms with Gasteiger partial charge in [0.25, 0.3) is 5.91 Å². The molecule has 2 N–H and O–H groups in total. The van der Waals surface area contributed by atoms with Gasteiger partial charge in [0, 0.05) is 22.2 Å². The average molecular weight is 458 g/mol. The number of amides is 1. The number of rotatable bonds is 6. The maximum atomic E-state index is 12.3. The molecule has 0 spiro atoms. The van der Waals surface area contributed by atoms with Crippen molar-refractivity contribution < 1.29 is 13.2 Å². The van der Waals surface area contributed by atoms with E-state index in [1.165, 1.54) is 0 Å². The van der Waals surface area contributed by atoms with Gasteiger partial charge in [0.1, 0.15) is 0 Å². The minimum atomic E-state index is -3.59. The first-order valence-electron chi connectivity index (χ1n) is 7.40. The summed E-state index contributed by atoms with van der Waals surface area (Å²) >= 11 is 2.13. The van der Waals surface area contributed by atoms with Crippen molar-refractivity contribution in [1.29, 1.82) is 0 Å². The van der Waals surface area contributed by atoms with Gasteiger partial charge < -0.3 is 5.32 Å². The third-order valence-corrected chi connectivity index (χ3v) is 5.70. The third-order valence-electron chi connectivity index (χ3n) is 3.42. The number of carbonyl (C=O) groups excluding carboxylic acids is 1. The van der Waals surface area contributed by atoms with Crippen LogP contribution in [0.1, 0.15) is 21.5 Å². The lowest BCUT2D eigenvalue weighted by atomic mass is 10.2. The van der Waals surface area contributed by atoms with Crippen molar-refractivity contribution in [3.63, 3.8) is 0 Å². The van der Waals surface area contributed by atoms with Gasteiger partial charge >= 0.3 is 0 Å². The fourth-order valence-corrected chi connectivity index (χ4v) is 4.07. The second kappa shape index (κ2) is 8.09. The fourth-order valence-electron chi connectivity index (χ4n) is 2.17. The molecule has 0 saturated carbocycles. The third kappa shape index (κ3) is 5.02. The zero-order chi connectivity index (χ0) is 17.7. The van der Waals surface area contributed by atoms with E-state index in [0.717, 1.165) is 9.13 Å². The zero-order valence-electron chi connectivity index (χ0n) is 13.5. The van der Waals surface area contributed by atoms with E-state index >= 15 is 0 Å². The topological polar surface area (TPSA) is 75.3 Å². The van der Waals surface area contributed by atoms with Gasteiger partial charge in [-0.15, -0.1) is 0 Å². The summed E-state index contributed by atoms with van der Waals surface area (Å²) < 4.78 is 28.2. The Morgan fingerprint density at radius 1 is 1.08 bits per heavy atom. The molecule has 2 aromatic carbocycles. The van der Waals surface area contributed by atoms with E-state index in [1.54, 1.807) is 37.3 Å². The molecule has 5 nitrogen and oxygen atoms in total. The van der Waals surface area contributed by atoms with Crippen molar-refractivity contribution in [1.82, 2.24) is 10.0 Å². The monoisotopic (exact) mass is 458 g/mol. The minimum Gasteiger partial charge on any atom is -0.351 e. The second-order valence-corrected chi connectivity index (χ2v) is 8.41. The highest BCUT2D eigenvalue weighted by molar-refractivity contribution is 14.1. The van der Waals surface area contributed by atoms with Gasteiger partial charge in [-0.1, -0.05) is 18.2 Å². The first kappa shape index (κ1) is 18.9. The minimum absolute atomic E-state index is 0.130. The Kier molecular flexibility index (Phi) is 6.36. The summed E-state index contributed by atoms with van der Waals surface area (Å²) in [5, 5.41) is 2.71. The molecule has 0 unspecified atom stereocenters. The van der Waals surface area contributed by atoms with E-state index in [-0.39, 0.29) is 23.9 Å². The van der Waals surface area contributed by atoms with Crippen molar-refractivity contribution in [3.8, 4) is 0 Å². The van der Waals surface area contributed by atoms with E-state index in [9.17, 15) is 13.2 Å². The van der Waals surface area contributed by atoms with Gasteiger partial charge in [0.15, 0.2) is 0 Å². The summed E-state index contributed by atoms with van der Waals surface area (Å²) in [6, 6.07) is 12.5. The number of carbonyl (C=O) groups is 1. The molecule has 0 radical (unpaired) electrons. The Morgan fingerprint density at radius 2 is 1.83 bits per heavy atom. The Bertz CT molecular complexity index is 851. The van der Waals surface area contributed by atoms with Crippen LogP contribution in [0.15, 0.2) is 47.4 Å². The maximum Gasteiger partial charge on any atom is 0.251 e. The van der Waals surface area contributed by atoms with Crippen LogP contribution in [0.4, 0.5) is 0 Å². The van der Waals surface area contributed by atoms with Crippen molar-refractivity contribution in [2.24, 2.45) is 0 Å². The quantitative estimate of drug-likeness (QED) is 0.517. The molecule has 0 bridgehead atoms. The first-order valence-corrected chi connectivity index (χ1v) is 9.96. The lowest BCUT2D eigenvalue weighted by Crippen LogP contribution is -2.35.